The van der Waals surface area contributed by atoms with Crippen LogP contribution in [0.5, 0.6) is 0 Å². The monoisotopic (exact) mass is 630 g/mol. The van der Waals surface area contributed by atoms with Crippen LogP contribution in [-0.2, 0) is 29.3 Å². The molecule has 0 aromatic heterocycles. The first-order valence-corrected chi connectivity index (χ1v) is 18.0. The Morgan fingerprint density at radius 2 is 0.837 bits per heavy atom. The van der Waals surface area contributed by atoms with Crippen LogP contribution in [-0.4, -0.2) is 11.9 Å². The third kappa shape index (κ3) is 20.8. The normalized spacial score (nSPS) is 11.7. The number of hydrogen-bond acceptors (Lipinski definition) is 2. The summed E-state index contributed by atoms with van der Waals surface area (Å²) >= 11 is 0. The maximum atomic E-state index is 4.97. The summed E-state index contributed by atoms with van der Waals surface area (Å²) in [4.78, 5) is 9.77. The molecule has 0 heterocycles. The van der Waals surface area contributed by atoms with Crippen LogP contribution >= 0.6 is 0 Å². The molecule has 0 saturated carbocycles. The Balaban J connectivity index is 0.00000924. The Kier molecular flexibility index (Phi) is 25.4. The van der Waals surface area contributed by atoms with E-state index in [2.05, 4.69) is 69.3 Å². The second kappa shape index (κ2) is 27.8. The van der Waals surface area contributed by atoms with E-state index in [-0.39, 0.29) is 16.5 Å². The first-order chi connectivity index (χ1) is 20.7. The summed E-state index contributed by atoms with van der Waals surface area (Å²) in [6.07, 6.45) is 32.5. The summed E-state index contributed by atoms with van der Waals surface area (Å²) < 4.78 is 0. The molecule has 2 aromatic carbocycles. The zero-order valence-electron chi connectivity index (χ0n) is 28.2. The number of aryl methyl sites for hydroxylation is 2. The van der Waals surface area contributed by atoms with Gasteiger partial charge in [-0.3, -0.25) is 9.98 Å². The van der Waals surface area contributed by atoms with Crippen LogP contribution in [0.4, 0.5) is 11.4 Å². The molecule has 244 valence electrons. The first kappa shape index (κ1) is 39.3. The molecule has 0 bridgehead atoms. The maximum absolute atomic E-state index is 4.97. The summed E-state index contributed by atoms with van der Waals surface area (Å²) in [5.41, 5.74) is 6.00. The van der Waals surface area contributed by atoms with Crippen LogP contribution in [0.15, 0.2) is 58.5 Å². The van der Waals surface area contributed by atoms with Gasteiger partial charge in [0.15, 0.2) is 0 Å². The summed E-state index contributed by atoms with van der Waals surface area (Å²) in [6.45, 7) is 6.82. The molecule has 0 atom stereocenters. The molecule has 0 aliphatic carbocycles. The Hall–Kier alpha value is -1.73. The minimum atomic E-state index is 0. The Bertz CT molecular complexity index is 945. The molecule has 43 heavy (non-hydrogen) atoms. The molecule has 0 aliphatic heterocycles. The van der Waals surface area contributed by atoms with Crippen molar-refractivity contribution in [1.29, 1.82) is 0 Å². The molecular weight excluding hydrogens is 567 g/mol. The molecule has 2 aromatic rings. The molecule has 0 N–H and O–H groups in total. The average molecular weight is 632 g/mol. The van der Waals surface area contributed by atoms with E-state index in [1.165, 1.54) is 140 Å². The van der Waals surface area contributed by atoms with Crippen LogP contribution in [0.1, 0.15) is 167 Å². The van der Waals surface area contributed by atoms with Crippen molar-refractivity contribution in [3.63, 3.8) is 0 Å². The number of hydrogen-bond donors (Lipinski definition) is 0. The van der Waals surface area contributed by atoms with E-state index < -0.39 is 0 Å². The average Bonchev–Trinajstić information content (AvgIpc) is 3.02. The summed E-state index contributed by atoms with van der Waals surface area (Å²) in [5.74, 6) is 0. The van der Waals surface area contributed by atoms with E-state index in [0.717, 1.165) is 36.3 Å². The van der Waals surface area contributed by atoms with E-state index in [1.807, 2.05) is 6.21 Å². The minimum absolute atomic E-state index is 0. The molecule has 2 nitrogen and oxygen atoms in total. The fourth-order valence-electron chi connectivity index (χ4n) is 5.59. The summed E-state index contributed by atoms with van der Waals surface area (Å²) in [6, 6.07) is 17.7. The van der Waals surface area contributed by atoms with E-state index in [9.17, 15) is 0 Å². The van der Waals surface area contributed by atoms with Gasteiger partial charge >= 0.3 is 0 Å². The van der Waals surface area contributed by atoms with Crippen molar-refractivity contribution in [3.8, 4) is 0 Å². The van der Waals surface area contributed by atoms with Crippen LogP contribution in [0, 0.1) is 0 Å². The van der Waals surface area contributed by atoms with Gasteiger partial charge in [-0.2, -0.15) is 0 Å². The topological polar surface area (TPSA) is 24.7 Å². The van der Waals surface area contributed by atoms with Crippen LogP contribution in [0.2, 0.25) is 0 Å². The van der Waals surface area contributed by atoms with E-state index >= 15 is 0 Å². The third-order valence-electron chi connectivity index (χ3n) is 8.43. The van der Waals surface area contributed by atoms with Crippen LogP contribution in [0.3, 0.4) is 0 Å². The Morgan fingerprint density at radius 3 is 1.26 bits per heavy atom. The van der Waals surface area contributed by atoms with E-state index in [0.29, 0.717) is 0 Å². The molecule has 3 heteroatoms. The Morgan fingerprint density at radius 1 is 0.465 bits per heavy atom. The zero-order valence-corrected chi connectivity index (χ0v) is 29.2. The van der Waals surface area contributed by atoms with Gasteiger partial charge in [0.25, 0.3) is 0 Å². The molecule has 0 spiro atoms. The standard InChI is InChI=1S/C40H64N2.Ni/c1-4-7-10-12-14-16-18-20-22-24-36-27-31-38(32-28-36)41-35-40(26-9-6-3)42-39-33-29-37(30-34-39)25-23-21-19-17-15-13-11-8-5-2;/h27-35H,4-26H2,1-3H3;. The number of benzene rings is 2. The second-order valence-corrected chi connectivity index (χ2v) is 12.5. The minimum Gasteiger partial charge on any atom is -0.255 e. The number of unbranched alkanes of at least 4 members (excludes halogenated alkanes) is 17. The van der Waals surface area contributed by atoms with E-state index in [4.69, 9.17) is 9.98 Å². The van der Waals surface area contributed by atoms with Gasteiger partial charge in [-0.15, -0.1) is 0 Å². The van der Waals surface area contributed by atoms with Crippen molar-refractivity contribution in [2.45, 2.75) is 168 Å². The molecule has 2 rings (SSSR count). The van der Waals surface area contributed by atoms with Gasteiger partial charge in [-0.25, -0.2) is 0 Å². The van der Waals surface area contributed by atoms with Crippen molar-refractivity contribution in [1.82, 2.24) is 0 Å². The number of rotatable bonds is 26. The smallest absolute Gasteiger partial charge is 0.0633 e. The molecule has 0 saturated heterocycles. The first-order valence-electron chi connectivity index (χ1n) is 18.0. The predicted molar refractivity (Wildman–Crippen MR) is 190 cm³/mol. The fraction of sp³-hybridized carbons (Fsp3) is 0.650. The molecule has 0 aliphatic rings. The molecule has 0 amide bonds. The van der Waals surface area contributed by atoms with Gasteiger partial charge < -0.3 is 0 Å². The van der Waals surface area contributed by atoms with Gasteiger partial charge in [-0.05, 0) is 73.9 Å². The molecule has 0 fully saturated rings. The van der Waals surface area contributed by atoms with Crippen molar-refractivity contribution >= 4 is 23.3 Å². The van der Waals surface area contributed by atoms with E-state index in [1.54, 1.807) is 0 Å². The maximum Gasteiger partial charge on any atom is 0.0633 e. The largest absolute Gasteiger partial charge is 0.255 e. The van der Waals surface area contributed by atoms with Gasteiger partial charge in [0, 0.05) is 22.7 Å². The van der Waals surface area contributed by atoms with Crippen LogP contribution in [0.25, 0.3) is 0 Å². The summed E-state index contributed by atoms with van der Waals surface area (Å²) in [7, 11) is 0. The predicted octanol–water partition coefficient (Wildman–Crippen LogP) is 13.5. The van der Waals surface area contributed by atoms with Gasteiger partial charge in [0.2, 0.25) is 0 Å². The summed E-state index contributed by atoms with van der Waals surface area (Å²) in [5, 5.41) is 0. The third-order valence-corrected chi connectivity index (χ3v) is 8.43. The van der Waals surface area contributed by atoms with Gasteiger partial charge in [0.1, 0.15) is 0 Å². The Labute approximate surface area is 277 Å². The molecule has 0 unspecified atom stereocenters. The molecular formula is C40H64N2Ni. The van der Waals surface area contributed by atoms with Crippen molar-refractivity contribution < 1.29 is 16.5 Å². The van der Waals surface area contributed by atoms with Gasteiger partial charge in [-0.1, -0.05) is 154 Å². The van der Waals surface area contributed by atoms with Crippen molar-refractivity contribution in [3.05, 3.63) is 59.7 Å². The zero-order chi connectivity index (χ0) is 29.9. The van der Waals surface area contributed by atoms with Crippen molar-refractivity contribution in [2.24, 2.45) is 9.98 Å². The quantitative estimate of drug-likeness (QED) is 0.0561. The van der Waals surface area contributed by atoms with Crippen LogP contribution < -0.4 is 0 Å². The second-order valence-electron chi connectivity index (χ2n) is 12.5. The SMILES string of the molecule is CCCCCCCCCCCc1ccc(N=CC(CCCC)=Nc2ccc(CCCCCCCCCCC)cc2)cc1.[Ni]. The molecule has 0 radical (unpaired) electrons. The fourth-order valence-corrected chi connectivity index (χ4v) is 5.59. The number of nitrogens with zero attached hydrogens (tertiary/aromatic N) is 2. The number of aliphatic imine (C=N–C) groups is 2. The van der Waals surface area contributed by atoms with Crippen molar-refractivity contribution in [2.75, 3.05) is 0 Å². The van der Waals surface area contributed by atoms with Gasteiger partial charge in [0.05, 0.1) is 17.1 Å².